The number of rotatable bonds is 4. The summed E-state index contributed by atoms with van der Waals surface area (Å²) in [6.07, 6.45) is 1.17. The lowest BCUT2D eigenvalue weighted by molar-refractivity contribution is 0.612. The monoisotopic (exact) mass is 303 g/mol. The van der Waals surface area contributed by atoms with Crippen LogP contribution in [0.4, 0.5) is 20.2 Å². The van der Waals surface area contributed by atoms with E-state index in [1.165, 1.54) is 12.1 Å². The Balaban J connectivity index is 2.07. The first kappa shape index (κ1) is 15.9. The Kier molecular flexibility index (Phi) is 5.09. The number of benzene rings is 2. The van der Waals surface area contributed by atoms with Crippen molar-refractivity contribution in [2.75, 3.05) is 10.6 Å². The van der Waals surface area contributed by atoms with E-state index in [2.05, 4.69) is 10.6 Å². The minimum atomic E-state index is -0.251. The average Bonchev–Trinajstić information content (AvgIpc) is 2.51. The highest BCUT2D eigenvalue weighted by molar-refractivity contribution is 6.01. The Hall–Kier alpha value is -2.43. The van der Waals surface area contributed by atoms with Gasteiger partial charge in [0.05, 0.1) is 0 Å². The van der Waals surface area contributed by atoms with E-state index in [0.29, 0.717) is 35.3 Å². The number of aryl methyl sites for hydroxylation is 2. The SMILES string of the molecule is CCc1cc(NC(=N)Nc2ccc(F)c(CC)c2)ccc1F. The molecule has 0 saturated heterocycles. The fourth-order valence-electron chi connectivity index (χ4n) is 2.17. The maximum atomic E-state index is 13.4. The lowest BCUT2D eigenvalue weighted by Crippen LogP contribution is -2.20. The minimum absolute atomic E-state index is 0.0438. The van der Waals surface area contributed by atoms with Gasteiger partial charge in [0.15, 0.2) is 5.96 Å². The van der Waals surface area contributed by atoms with Crippen molar-refractivity contribution in [2.45, 2.75) is 26.7 Å². The second-order valence-electron chi connectivity index (χ2n) is 4.94. The lowest BCUT2D eigenvalue weighted by Gasteiger charge is -2.12. The molecule has 116 valence electrons. The number of hydrogen-bond acceptors (Lipinski definition) is 1. The van der Waals surface area contributed by atoms with Gasteiger partial charge in [0.25, 0.3) is 0 Å². The van der Waals surface area contributed by atoms with Crippen LogP contribution in [0.3, 0.4) is 0 Å². The van der Waals surface area contributed by atoms with E-state index in [1.54, 1.807) is 24.3 Å². The Morgan fingerprint density at radius 3 is 1.64 bits per heavy atom. The van der Waals surface area contributed by atoms with Crippen molar-refractivity contribution in [3.63, 3.8) is 0 Å². The zero-order chi connectivity index (χ0) is 16.1. The summed E-state index contributed by atoms with van der Waals surface area (Å²) < 4.78 is 26.9. The lowest BCUT2D eigenvalue weighted by atomic mass is 10.1. The molecule has 0 atom stereocenters. The Morgan fingerprint density at radius 2 is 1.27 bits per heavy atom. The molecule has 3 N–H and O–H groups in total. The predicted molar refractivity (Wildman–Crippen MR) is 86.5 cm³/mol. The Bertz CT molecular complexity index is 626. The largest absolute Gasteiger partial charge is 0.326 e. The van der Waals surface area contributed by atoms with Crippen molar-refractivity contribution < 1.29 is 8.78 Å². The van der Waals surface area contributed by atoms with Crippen molar-refractivity contribution in [2.24, 2.45) is 0 Å². The molecule has 0 aromatic heterocycles. The van der Waals surface area contributed by atoms with Crippen molar-refractivity contribution in [3.8, 4) is 0 Å². The van der Waals surface area contributed by atoms with Crippen LogP contribution in [0.2, 0.25) is 0 Å². The number of anilines is 2. The van der Waals surface area contributed by atoms with Gasteiger partial charge < -0.3 is 10.6 Å². The summed E-state index contributed by atoms with van der Waals surface area (Å²) in [6.45, 7) is 3.74. The van der Waals surface area contributed by atoms with Crippen LogP contribution in [0.25, 0.3) is 0 Å². The third kappa shape index (κ3) is 3.81. The first-order valence-corrected chi connectivity index (χ1v) is 7.23. The molecule has 0 amide bonds. The molecule has 22 heavy (non-hydrogen) atoms. The highest BCUT2D eigenvalue weighted by Gasteiger charge is 2.05. The molecular formula is C17H19F2N3. The molecule has 0 aliphatic heterocycles. The molecule has 0 heterocycles. The molecule has 0 aliphatic carbocycles. The quantitative estimate of drug-likeness (QED) is 0.573. The summed E-state index contributed by atoms with van der Waals surface area (Å²) in [5.74, 6) is -0.459. The molecule has 2 aromatic carbocycles. The topological polar surface area (TPSA) is 47.9 Å². The van der Waals surface area contributed by atoms with E-state index in [1.807, 2.05) is 13.8 Å². The highest BCUT2D eigenvalue weighted by Crippen LogP contribution is 2.17. The summed E-state index contributed by atoms with van der Waals surface area (Å²) in [6, 6.07) is 9.25. The van der Waals surface area contributed by atoms with Gasteiger partial charge in [-0.05, 0) is 60.4 Å². The van der Waals surface area contributed by atoms with Gasteiger partial charge >= 0.3 is 0 Å². The first-order chi connectivity index (χ1) is 10.5. The van der Waals surface area contributed by atoms with Crippen LogP contribution in [-0.4, -0.2) is 5.96 Å². The molecule has 0 saturated carbocycles. The van der Waals surface area contributed by atoms with Crippen LogP contribution in [0, 0.1) is 17.0 Å². The van der Waals surface area contributed by atoms with Crippen molar-refractivity contribution >= 4 is 17.3 Å². The number of halogens is 2. The second-order valence-corrected chi connectivity index (χ2v) is 4.94. The standard InChI is InChI=1S/C17H19F2N3/c1-3-11-9-13(5-7-15(11)18)21-17(20)22-14-6-8-16(19)12(4-2)10-14/h5-10H,3-4H2,1-2H3,(H3,20,21,22). The van der Waals surface area contributed by atoms with Gasteiger partial charge in [0, 0.05) is 11.4 Å². The fraction of sp³-hybridized carbons (Fsp3) is 0.235. The molecule has 0 unspecified atom stereocenters. The summed E-state index contributed by atoms with van der Waals surface area (Å²) in [4.78, 5) is 0. The molecule has 0 aliphatic rings. The van der Waals surface area contributed by atoms with Crippen LogP contribution in [-0.2, 0) is 12.8 Å². The molecule has 2 rings (SSSR count). The summed E-state index contributed by atoms with van der Waals surface area (Å²) in [5, 5.41) is 13.6. The Morgan fingerprint density at radius 1 is 0.864 bits per heavy atom. The van der Waals surface area contributed by atoms with Gasteiger partial charge in [-0.3, -0.25) is 5.41 Å². The number of guanidine groups is 1. The zero-order valence-electron chi connectivity index (χ0n) is 12.6. The molecule has 5 heteroatoms. The molecule has 3 nitrogen and oxygen atoms in total. The maximum Gasteiger partial charge on any atom is 0.197 e. The van der Waals surface area contributed by atoms with Gasteiger partial charge in [-0.2, -0.15) is 0 Å². The third-order valence-corrected chi connectivity index (χ3v) is 3.39. The fourth-order valence-corrected chi connectivity index (χ4v) is 2.17. The van der Waals surface area contributed by atoms with Crippen LogP contribution in [0.5, 0.6) is 0 Å². The van der Waals surface area contributed by atoms with Crippen LogP contribution < -0.4 is 10.6 Å². The van der Waals surface area contributed by atoms with Crippen LogP contribution >= 0.6 is 0 Å². The van der Waals surface area contributed by atoms with Gasteiger partial charge in [-0.15, -0.1) is 0 Å². The van der Waals surface area contributed by atoms with Crippen molar-refractivity contribution in [1.82, 2.24) is 0 Å². The van der Waals surface area contributed by atoms with E-state index < -0.39 is 0 Å². The van der Waals surface area contributed by atoms with E-state index in [-0.39, 0.29) is 17.6 Å². The molecule has 2 aromatic rings. The van der Waals surface area contributed by atoms with E-state index in [0.717, 1.165) is 0 Å². The van der Waals surface area contributed by atoms with Crippen molar-refractivity contribution in [1.29, 1.82) is 5.41 Å². The zero-order valence-corrected chi connectivity index (χ0v) is 12.6. The van der Waals surface area contributed by atoms with Gasteiger partial charge in [0.1, 0.15) is 11.6 Å². The van der Waals surface area contributed by atoms with E-state index in [4.69, 9.17) is 5.41 Å². The number of nitrogens with one attached hydrogen (secondary N) is 3. The van der Waals surface area contributed by atoms with Crippen molar-refractivity contribution in [3.05, 3.63) is 59.2 Å². The summed E-state index contributed by atoms with van der Waals surface area (Å²) in [5.41, 5.74) is 2.45. The minimum Gasteiger partial charge on any atom is -0.326 e. The Labute approximate surface area is 128 Å². The van der Waals surface area contributed by atoms with Gasteiger partial charge in [-0.1, -0.05) is 13.8 Å². The van der Waals surface area contributed by atoms with Crippen LogP contribution in [0.15, 0.2) is 36.4 Å². The van der Waals surface area contributed by atoms with E-state index in [9.17, 15) is 8.78 Å². The average molecular weight is 303 g/mol. The normalized spacial score (nSPS) is 10.4. The predicted octanol–water partition coefficient (Wildman–Crippen LogP) is 4.55. The second kappa shape index (κ2) is 7.02. The van der Waals surface area contributed by atoms with Crippen LogP contribution in [0.1, 0.15) is 25.0 Å². The highest BCUT2D eigenvalue weighted by atomic mass is 19.1. The first-order valence-electron chi connectivity index (χ1n) is 7.23. The van der Waals surface area contributed by atoms with E-state index >= 15 is 0 Å². The molecule has 0 bridgehead atoms. The third-order valence-electron chi connectivity index (χ3n) is 3.39. The van der Waals surface area contributed by atoms with Gasteiger partial charge in [-0.25, -0.2) is 8.78 Å². The molecule has 0 spiro atoms. The van der Waals surface area contributed by atoms with Gasteiger partial charge in [0.2, 0.25) is 0 Å². The number of hydrogen-bond donors (Lipinski definition) is 3. The smallest absolute Gasteiger partial charge is 0.197 e. The molecule has 0 radical (unpaired) electrons. The summed E-state index contributed by atoms with van der Waals surface area (Å²) in [7, 11) is 0. The maximum absolute atomic E-state index is 13.4. The summed E-state index contributed by atoms with van der Waals surface area (Å²) >= 11 is 0. The molecular weight excluding hydrogens is 284 g/mol. The molecule has 0 fully saturated rings.